The van der Waals surface area contributed by atoms with Gasteiger partial charge in [0.25, 0.3) is 0 Å². The van der Waals surface area contributed by atoms with Crippen LogP contribution in [0.5, 0.6) is 0 Å². The summed E-state index contributed by atoms with van der Waals surface area (Å²) in [6.45, 7) is 14.8. The normalized spacial score (nSPS) is 35.0. The van der Waals surface area contributed by atoms with Crippen molar-refractivity contribution in [1.82, 2.24) is 4.90 Å². The summed E-state index contributed by atoms with van der Waals surface area (Å²) in [7, 11) is -4.67. The predicted molar refractivity (Wildman–Crippen MR) is 193 cm³/mol. The fourth-order valence-corrected chi connectivity index (χ4v) is 9.14. The van der Waals surface area contributed by atoms with Gasteiger partial charge in [-0.2, -0.15) is 0 Å². The van der Waals surface area contributed by atoms with E-state index in [1.165, 1.54) is 25.7 Å². The number of likely N-dealkylation sites (tertiary alicyclic amines) is 1. The molecule has 0 aromatic rings. The number of carbonyl (C=O) groups is 4. The lowest BCUT2D eigenvalue weighted by Crippen LogP contribution is -2.51. The van der Waals surface area contributed by atoms with E-state index in [0.29, 0.717) is 12.8 Å². The number of hydrogen-bond donors (Lipinski definition) is 1. The zero-order valence-corrected chi connectivity index (χ0v) is 31.9. The van der Waals surface area contributed by atoms with Crippen LogP contribution in [-0.4, -0.2) is 70.9 Å². The Morgan fingerprint density at radius 2 is 1.59 bits per heavy atom. The highest BCUT2D eigenvalue weighted by atomic mass is 32.2. The minimum absolute atomic E-state index is 0.0701. The van der Waals surface area contributed by atoms with Crippen LogP contribution in [0.3, 0.4) is 0 Å². The fourth-order valence-electron chi connectivity index (χ4n) is 7.81. The first kappa shape index (κ1) is 28.0. The molecule has 4 unspecified atom stereocenters. The maximum atomic E-state index is 14.8. The predicted octanol–water partition coefficient (Wildman–Crippen LogP) is 7.14. The van der Waals surface area contributed by atoms with Gasteiger partial charge < -0.3 is 10.0 Å². The summed E-state index contributed by atoms with van der Waals surface area (Å²) in [5.74, 6) is -5.79. The first-order chi connectivity index (χ1) is 26.3. The zero-order chi connectivity index (χ0) is 45.7. The molecule has 9 heteroatoms. The number of carbonyl (C=O) groups excluding carboxylic acids is 4. The van der Waals surface area contributed by atoms with E-state index in [4.69, 9.17) is 13.7 Å². The lowest BCUT2D eigenvalue weighted by Gasteiger charge is -2.40. The molecule has 4 fully saturated rings. The molecule has 0 aromatic carbocycles. The summed E-state index contributed by atoms with van der Waals surface area (Å²) in [5.41, 5.74) is -4.67. The second kappa shape index (κ2) is 14.8. The molecular weight excluding hydrogens is 639 g/mol. The monoisotopic (exact) mass is 716 g/mol. The summed E-state index contributed by atoms with van der Waals surface area (Å²) < 4.78 is 113. The number of fused-ring (bicyclic) bond motifs is 1. The topological polar surface area (TPSA) is 126 Å². The fraction of sp³-hybridized carbons (Fsp3) is 0.900. The Morgan fingerprint density at radius 3 is 2.12 bits per heavy atom. The van der Waals surface area contributed by atoms with Gasteiger partial charge in [-0.3, -0.25) is 19.2 Å². The molecule has 280 valence electrons. The number of aliphatic hydroxyl groups is 1. The molecule has 0 bridgehead atoms. The molecule has 0 spiro atoms. The number of unbranched alkanes of at least 4 members (excludes halogenated alkanes) is 1. The van der Waals surface area contributed by atoms with Crippen molar-refractivity contribution in [2.45, 2.75) is 169 Å². The lowest BCUT2D eigenvalue weighted by molar-refractivity contribution is -0.148. The molecule has 3 aliphatic carbocycles. The van der Waals surface area contributed by atoms with Crippen LogP contribution in [0, 0.1) is 45.8 Å². The summed E-state index contributed by atoms with van der Waals surface area (Å²) in [5, 5.41) is 11.2. The average Bonchev–Trinajstić information content (AvgIpc) is 3.93. The van der Waals surface area contributed by atoms with Gasteiger partial charge >= 0.3 is 0 Å². The summed E-state index contributed by atoms with van der Waals surface area (Å²) in [6.07, 6.45) is -18.8. The molecule has 6 atom stereocenters. The van der Waals surface area contributed by atoms with Gasteiger partial charge in [-0.25, -0.2) is 8.42 Å². The van der Waals surface area contributed by atoms with Crippen molar-refractivity contribution in [1.29, 1.82) is 0 Å². The van der Waals surface area contributed by atoms with Gasteiger partial charge in [0, 0.05) is 51.9 Å². The smallest absolute Gasteiger partial charge is 0.227 e. The molecule has 0 radical (unpaired) electrons. The number of rotatable bonds is 17. The Hall–Kier alpha value is -1.61. The molecule has 0 aromatic heterocycles. The van der Waals surface area contributed by atoms with Crippen molar-refractivity contribution in [2.75, 3.05) is 12.3 Å². The van der Waals surface area contributed by atoms with Crippen molar-refractivity contribution in [3.8, 4) is 0 Å². The molecular formula is C40H67NO7S. The van der Waals surface area contributed by atoms with E-state index >= 15 is 0 Å². The average molecular weight is 716 g/mol. The van der Waals surface area contributed by atoms with E-state index < -0.39 is 112 Å². The third kappa shape index (κ3) is 9.25. The van der Waals surface area contributed by atoms with Gasteiger partial charge in [0.05, 0.1) is 16.5 Å². The molecule has 1 N–H and O–H groups in total. The van der Waals surface area contributed by atoms with Crippen LogP contribution >= 0.6 is 0 Å². The van der Waals surface area contributed by atoms with Crippen LogP contribution in [0.25, 0.3) is 0 Å². The second-order valence-electron chi connectivity index (χ2n) is 17.9. The van der Waals surface area contributed by atoms with Gasteiger partial charge in [-0.1, -0.05) is 73.5 Å². The molecule has 4 rings (SSSR count). The first-order valence-electron chi connectivity index (χ1n) is 23.1. The molecule has 1 amide bonds. The summed E-state index contributed by atoms with van der Waals surface area (Å²) in [6, 6.07) is -0.941. The Bertz CT molecular complexity index is 1750. The van der Waals surface area contributed by atoms with Crippen LogP contribution in [0.15, 0.2) is 0 Å². The number of amides is 1. The van der Waals surface area contributed by atoms with Gasteiger partial charge in [0.1, 0.15) is 11.9 Å². The van der Waals surface area contributed by atoms with Crippen LogP contribution < -0.4 is 0 Å². The van der Waals surface area contributed by atoms with E-state index in [-0.39, 0.29) is 54.1 Å². The van der Waals surface area contributed by atoms with Crippen molar-refractivity contribution in [3.63, 3.8) is 0 Å². The van der Waals surface area contributed by atoms with Gasteiger partial charge in [0.15, 0.2) is 21.4 Å². The van der Waals surface area contributed by atoms with E-state index in [9.17, 15) is 32.7 Å². The number of nitrogens with zero attached hydrogens (tertiary/aromatic N) is 1. The number of sulfone groups is 1. The molecule has 49 heavy (non-hydrogen) atoms. The third-order valence-corrected chi connectivity index (χ3v) is 14.3. The Balaban J connectivity index is 1.74. The lowest BCUT2D eigenvalue weighted by atomic mass is 9.70. The maximum Gasteiger partial charge on any atom is 0.227 e. The number of Topliss-reactive ketones (excluding diaryl/α,β-unsaturated/α-hetero) is 3. The largest absolute Gasteiger partial charge is 0.385 e. The summed E-state index contributed by atoms with van der Waals surface area (Å²) in [4.78, 5) is 58.2. The Kier molecular flexibility index (Phi) is 8.44. The van der Waals surface area contributed by atoms with Crippen molar-refractivity contribution >= 4 is 33.1 Å². The van der Waals surface area contributed by atoms with Crippen LogP contribution in [-0.2, 0) is 29.0 Å². The number of hydrogen-bond acceptors (Lipinski definition) is 7. The van der Waals surface area contributed by atoms with E-state index in [1.807, 2.05) is 20.8 Å². The minimum Gasteiger partial charge on any atom is -0.385 e. The van der Waals surface area contributed by atoms with Gasteiger partial charge in [0.2, 0.25) is 5.91 Å². The Morgan fingerprint density at radius 1 is 0.980 bits per heavy atom. The quantitative estimate of drug-likeness (QED) is 0.170. The molecule has 1 aliphatic heterocycles. The highest BCUT2D eigenvalue weighted by Gasteiger charge is 2.69. The SMILES string of the molecule is [2H]C1([2H])C([2H])([2H])C([2H])([2H])C(CC(=O)C[C@H](C(=O)N2CC3C(C2C(=O)C[C@@H](CCCC)C(O)C(=O)CC2CC2)C3(C)C)C(C)(C)C)(CS(=O)(=O)C(C)(C)C)C([2H])([2H])C1([2H])[2H]. The summed E-state index contributed by atoms with van der Waals surface area (Å²) >= 11 is 0. The zero-order valence-electron chi connectivity index (χ0n) is 41.1. The van der Waals surface area contributed by atoms with Gasteiger partial charge in [-0.15, -0.1) is 0 Å². The number of aliphatic hydroxyl groups excluding tert-OH is 1. The molecule has 1 saturated heterocycles. The minimum atomic E-state index is -4.67. The molecule has 3 saturated carbocycles. The van der Waals surface area contributed by atoms with Crippen LogP contribution in [0.1, 0.15) is 166 Å². The van der Waals surface area contributed by atoms with E-state index in [2.05, 4.69) is 0 Å². The van der Waals surface area contributed by atoms with Crippen LogP contribution in [0.2, 0.25) is 0 Å². The molecule has 8 nitrogen and oxygen atoms in total. The highest BCUT2D eigenvalue weighted by Crippen LogP contribution is 2.65. The maximum absolute atomic E-state index is 14.8. The van der Waals surface area contributed by atoms with Crippen molar-refractivity contribution in [2.24, 2.45) is 45.8 Å². The third-order valence-electron chi connectivity index (χ3n) is 11.5. The molecule has 1 heterocycles. The number of ketones is 3. The second-order valence-corrected chi connectivity index (χ2v) is 20.7. The Labute approximate surface area is 311 Å². The number of piperidine rings is 1. The van der Waals surface area contributed by atoms with Crippen LogP contribution in [0.4, 0.5) is 0 Å². The van der Waals surface area contributed by atoms with E-state index in [1.54, 1.807) is 20.8 Å². The van der Waals surface area contributed by atoms with E-state index in [0.717, 1.165) is 19.3 Å². The molecule has 4 aliphatic rings. The van der Waals surface area contributed by atoms with Crippen molar-refractivity contribution < 1.29 is 46.4 Å². The first-order valence-corrected chi connectivity index (χ1v) is 19.8. The highest BCUT2D eigenvalue weighted by molar-refractivity contribution is 7.92. The standard InChI is InChI=1S/C40H67NO7S/c1-10-11-15-27(35(45)32(44)20-26-16-17-26)21-31(43)34-33-30(39(33,8)9)24-41(34)36(46)29(37(2,3)4)22-28(42)23-40(18-13-12-14-19-40)25-49(47,48)38(5,6)7/h26-27,29-30,33-35,45H,10-25H2,1-9H3/t27-,29-,30?,33?,34?,35?/m1/s1/i12D2,13D2,14D2,18D2,19D2. The van der Waals surface area contributed by atoms with Gasteiger partial charge in [-0.05, 0) is 92.7 Å². The van der Waals surface area contributed by atoms with Crippen molar-refractivity contribution in [3.05, 3.63) is 0 Å².